The number of methoxy groups -OCH3 is 3. The number of ether oxygens (including phenoxy) is 3. The van der Waals surface area contributed by atoms with Crippen LogP contribution in [-0.4, -0.2) is 85.9 Å². The largest absolute Gasteiger partial charge is 0.493 e. The van der Waals surface area contributed by atoms with Gasteiger partial charge >= 0.3 is 0 Å². The summed E-state index contributed by atoms with van der Waals surface area (Å²) in [6, 6.07) is 12.0. The number of nitrogens with zero attached hydrogens (tertiary/aromatic N) is 2. The minimum Gasteiger partial charge on any atom is -0.493 e. The molecule has 0 spiro atoms. The van der Waals surface area contributed by atoms with E-state index in [0.29, 0.717) is 56.0 Å². The molecule has 0 bridgehead atoms. The molecule has 3 rings (SSSR count). The molecule has 2 N–H and O–H groups in total. The van der Waals surface area contributed by atoms with Gasteiger partial charge in [0.2, 0.25) is 23.2 Å². The van der Waals surface area contributed by atoms with Crippen LogP contribution in [0.1, 0.15) is 48.0 Å². The van der Waals surface area contributed by atoms with E-state index in [4.69, 9.17) is 24.4 Å². The molecule has 1 aliphatic heterocycles. The number of ketones is 2. The van der Waals surface area contributed by atoms with Crippen molar-refractivity contribution in [3.05, 3.63) is 53.6 Å². The predicted octanol–water partition coefficient (Wildman–Crippen LogP) is 2.87. The minimum atomic E-state index is -0.624. The van der Waals surface area contributed by atoms with Gasteiger partial charge in [-0.2, -0.15) is 0 Å². The van der Waals surface area contributed by atoms with Crippen LogP contribution in [0.15, 0.2) is 47.5 Å². The first-order valence-electron chi connectivity index (χ1n) is 12.8. The molecule has 0 fully saturated rings. The summed E-state index contributed by atoms with van der Waals surface area (Å²) in [5, 5.41) is 17.5. The highest BCUT2D eigenvalue weighted by Crippen LogP contribution is 2.38. The maximum atomic E-state index is 12.6. The smallest absolute Gasteiger partial charge is 0.247 e. The molecule has 212 valence electrons. The Morgan fingerprint density at radius 3 is 2.18 bits per heavy atom. The highest BCUT2D eigenvalue weighted by molar-refractivity contribution is 6.43. The van der Waals surface area contributed by atoms with E-state index in [-0.39, 0.29) is 31.1 Å². The standard InChI is InChI=1S/C22H30N2O7.C7H8O/c1-29-18-13-15(14-19(30-2)21(18)31-3)20(27)17(26)8-5-4-7-16-22(28)24(10-6-12-25)11-9-23-16;8-6-7-4-2-1-3-5-7/h9,13-14,16,25H,4-8,10-12H2,1-3H3;1-5,8H,6H2. The summed E-state index contributed by atoms with van der Waals surface area (Å²) in [5.74, 6) is -0.246. The van der Waals surface area contributed by atoms with E-state index in [0.717, 1.165) is 5.56 Å². The molecular formula is C29H38N2O8. The molecule has 1 unspecified atom stereocenters. The van der Waals surface area contributed by atoms with Crippen LogP contribution in [0.5, 0.6) is 17.2 Å². The highest BCUT2D eigenvalue weighted by Gasteiger charge is 2.26. The van der Waals surface area contributed by atoms with E-state index in [2.05, 4.69) is 4.99 Å². The van der Waals surface area contributed by atoms with Gasteiger partial charge in [0.25, 0.3) is 0 Å². The lowest BCUT2D eigenvalue weighted by molar-refractivity contribution is -0.132. The Labute approximate surface area is 229 Å². The molecule has 1 amide bonds. The van der Waals surface area contributed by atoms with Crippen molar-refractivity contribution in [1.82, 2.24) is 4.90 Å². The Morgan fingerprint density at radius 2 is 1.64 bits per heavy atom. The number of carbonyl (C=O) groups is 3. The van der Waals surface area contributed by atoms with Crippen LogP contribution in [0, 0.1) is 0 Å². The summed E-state index contributed by atoms with van der Waals surface area (Å²) >= 11 is 0. The molecule has 10 heteroatoms. The number of rotatable bonds is 14. The van der Waals surface area contributed by atoms with E-state index in [1.165, 1.54) is 33.5 Å². The molecular weight excluding hydrogens is 504 g/mol. The van der Waals surface area contributed by atoms with E-state index >= 15 is 0 Å². The van der Waals surface area contributed by atoms with Gasteiger partial charge in [0.1, 0.15) is 6.04 Å². The average molecular weight is 543 g/mol. The molecule has 2 aromatic rings. The minimum absolute atomic E-state index is 0.0354. The van der Waals surface area contributed by atoms with Crippen molar-refractivity contribution in [3.63, 3.8) is 0 Å². The van der Waals surface area contributed by atoms with E-state index < -0.39 is 17.6 Å². The Bertz CT molecular complexity index is 1080. The third-order valence-electron chi connectivity index (χ3n) is 6.11. The van der Waals surface area contributed by atoms with Gasteiger partial charge in [-0.1, -0.05) is 36.8 Å². The highest BCUT2D eigenvalue weighted by atomic mass is 16.5. The maximum absolute atomic E-state index is 12.6. The molecule has 0 radical (unpaired) electrons. The quantitative estimate of drug-likeness (QED) is 0.211. The molecule has 1 aliphatic rings. The fourth-order valence-electron chi connectivity index (χ4n) is 3.99. The number of unbranched alkanes of at least 4 members (excludes halogenated alkanes) is 1. The average Bonchev–Trinajstić information content (AvgIpc) is 2.98. The van der Waals surface area contributed by atoms with Crippen LogP contribution in [0.2, 0.25) is 0 Å². The number of Topliss-reactive ketones (excluding diaryl/α,β-unsaturated/α-hetero) is 2. The topological polar surface area (TPSA) is 135 Å². The normalized spacial score (nSPS) is 14.3. The number of hydrogen-bond donors (Lipinski definition) is 2. The number of benzene rings is 2. The van der Waals surface area contributed by atoms with Crippen LogP contribution in [0.4, 0.5) is 0 Å². The lowest BCUT2D eigenvalue weighted by Gasteiger charge is -2.27. The second kappa shape index (κ2) is 17.0. The van der Waals surface area contributed by atoms with Gasteiger partial charge in [-0.05, 0) is 37.0 Å². The molecule has 1 atom stereocenters. The van der Waals surface area contributed by atoms with Crippen LogP contribution in [0.25, 0.3) is 0 Å². The number of carbonyl (C=O) groups excluding carboxylic acids is 3. The zero-order valence-electron chi connectivity index (χ0n) is 22.8. The van der Waals surface area contributed by atoms with Gasteiger partial charge in [0.15, 0.2) is 11.5 Å². The molecule has 10 nitrogen and oxygen atoms in total. The van der Waals surface area contributed by atoms with Crippen molar-refractivity contribution in [2.45, 2.75) is 44.8 Å². The van der Waals surface area contributed by atoms with E-state index in [1.807, 2.05) is 30.3 Å². The SMILES string of the molecule is COc1cc(C(=O)C(=O)CCCCC2N=CCN(CCCO)C2=O)cc(OC)c1OC.OCc1ccccc1. The van der Waals surface area contributed by atoms with Gasteiger partial charge in [0.05, 0.1) is 34.5 Å². The number of amides is 1. The monoisotopic (exact) mass is 542 g/mol. The molecule has 2 aromatic carbocycles. The molecule has 39 heavy (non-hydrogen) atoms. The Morgan fingerprint density at radius 1 is 0.974 bits per heavy atom. The predicted molar refractivity (Wildman–Crippen MR) is 147 cm³/mol. The van der Waals surface area contributed by atoms with Crippen LogP contribution >= 0.6 is 0 Å². The maximum Gasteiger partial charge on any atom is 0.247 e. The molecule has 1 heterocycles. The zero-order valence-corrected chi connectivity index (χ0v) is 22.8. The van der Waals surface area contributed by atoms with Gasteiger partial charge in [0, 0.05) is 31.4 Å². The summed E-state index contributed by atoms with van der Waals surface area (Å²) in [6.07, 6.45) is 3.90. The third-order valence-corrected chi connectivity index (χ3v) is 6.11. The lowest BCUT2D eigenvalue weighted by atomic mass is 10.00. The molecule has 0 saturated heterocycles. The summed E-state index contributed by atoms with van der Waals surface area (Å²) in [7, 11) is 4.33. The summed E-state index contributed by atoms with van der Waals surface area (Å²) in [6.45, 7) is 1.13. The van der Waals surface area contributed by atoms with Crippen molar-refractivity contribution in [2.75, 3.05) is 41.0 Å². The van der Waals surface area contributed by atoms with Gasteiger partial charge in [-0.15, -0.1) is 0 Å². The van der Waals surface area contributed by atoms with Crippen molar-refractivity contribution in [3.8, 4) is 17.2 Å². The number of hydrogen-bond acceptors (Lipinski definition) is 9. The Hall–Kier alpha value is -3.76. The second-order valence-electron chi connectivity index (χ2n) is 8.76. The number of aliphatic imine (C=N–C) groups is 1. The third kappa shape index (κ3) is 9.49. The van der Waals surface area contributed by atoms with Crippen LogP contribution in [-0.2, 0) is 16.2 Å². The molecule has 0 aliphatic carbocycles. The summed E-state index contributed by atoms with van der Waals surface area (Å²) in [4.78, 5) is 43.3. The van der Waals surface area contributed by atoms with E-state index in [1.54, 1.807) is 11.1 Å². The van der Waals surface area contributed by atoms with Crippen LogP contribution in [0.3, 0.4) is 0 Å². The van der Waals surface area contributed by atoms with Crippen molar-refractivity contribution < 1.29 is 38.8 Å². The number of aliphatic hydroxyl groups is 2. The summed E-state index contributed by atoms with van der Waals surface area (Å²) in [5.41, 5.74) is 1.14. The molecule has 0 saturated carbocycles. The van der Waals surface area contributed by atoms with Crippen molar-refractivity contribution in [2.24, 2.45) is 4.99 Å². The van der Waals surface area contributed by atoms with Crippen molar-refractivity contribution >= 4 is 23.7 Å². The zero-order chi connectivity index (χ0) is 28.6. The van der Waals surface area contributed by atoms with Gasteiger partial charge in [-0.3, -0.25) is 19.4 Å². The first-order chi connectivity index (χ1) is 18.9. The van der Waals surface area contributed by atoms with Gasteiger partial charge in [-0.25, -0.2) is 0 Å². The van der Waals surface area contributed by atoms with Crippen LogP contribution < -0.4 is 14.2 Å². The first-order valence-corrected chi connectivity index (χ1v) is 12.8. The lowest BCUT2D eigenvalue weighted by Crippen LogP contribution is -2.43. The number of aliphatic hydroxyl groups excluding tert-OH is 2. The van der Waals surface area contributed by atoms with Crippen molar-refractivity contribution in [1.29, 1.82) is 0 Å². The fourth-order valence-corrected chi connectivity index (χ4v) is 3.99. The second-order valence-corrected chi connectivity index (χ2v) is 8.76. The molecule has 0 aromatic heterocycles. The summed E-state index contributed by atoms with van der Waals surface area (Å²) < 4.78 is 15.7. The Balaban J connectivity index is 0.000000568. The van der Waals surface area contributed by atoms with E-state index in [9.17, 15) is 14.4 Å². The van der Waals surface area contributed by atoms with Gasteiger partial charge < -0.3 is 29.3 Å². The Kier molecular flexibility index (Phi) is 13.7. The fraction of sp³-hybridized carbons (Fsp3) is 0.448. The first kappa shape index (κ1) is 31.5.